The Kier molecular flexibility index (Phi) is 1.67. The Balaban J connectivity index is 1.78. The van der Waals surface area contributed by atoms with E-state index in [2.05, 4.69) is 22.5 Å². The highest BCUT2D eigenvalue weighted by Crippen LogP contribution is 2.34. The third kappa shape index (κ3) is 1.08. The van der Waals surface area contributed by atoms with Gasteiger partial charge in [0.25, 0.3) is 0 Å². The molecule has 0 aliphatic carbocycles. The standard InChI is InChI=1S/C8H17N3/c1-7(9-2)11-5-8(6-11)3-10-4-8/h7,9-10H,3-6H2,1-2H3. The molecular weight excluding hydrogens is 138 g/mol. The zero-order valence-corrected chi connectivity index (χ0v) is 7.35. The topological polar surface area (TPSA) is 27.3 Å². The van der Waals surface area contributed by atoms with Gasteiger partial charge in [-0.25, -0.2) is 0 Å². The molecular formula is C8H17N3. The summed E-state index contributed by atoms with van der Waals surface area (Å²) in [4.78, 5) is 2.49. The molecule has 1 atom stereocenters. The fourth-order valence-electron chi connectivity index (χ4n) is 1.97. The zero-order valence-electron chi connectivity index (χ0n) is 7.35. The smallest absolute Gasteiger partial charge is 0.0566 e. The number of nitrogens with zero attached hydrogens (tertiary/aromatic N) is 1. The molecule has 11 heavy (non-hydrogen) atoms. The molecule has 0 aromatic carbocycles. The third-order valence-electron chi connectivity index (χ3n) is 3.04. The van der Waals surface area contributed by atoms with Gasteiger partial charge in [0.05, 0.1) is 6.17 Å². The lowest BCUT2D eigenvalue weighted by Gasteiger charge is -2.57. The van der Waals surface area contributed by atoms with E-state index in [4.69, 9.17) is 0 Å². The predicted octanol–water partition coefficient (Wildman–Crippen LogP) is -0.543. The minimum Gasteiger partial charge on any atom is -0.315 e. The lowest BCUT2D eigenvalue weighted by molar-refractivity contribution is -0.0664. The van der Waals surface area contributed by atoms with Crippen LogP contribution in [0.3, 0.4) is 0 Å². The first-order valence-corrected chi connectivity index (χ1v) is 4.38. The molecule has 2 N–H and O–H groups in total. The maximum absolute atomic E-state index is 3.33. The Morgan fingerprint density at radius 1 is 1.45 bits per heavy atom. The van der Waals surface area contributed by atoms with Gasteiger partial charge in [-0.15, -0.1) is 0 Å². The fraction of sp³-hybridized carbons (Fsp3) is 1.00. The van der Waals surface area contributed by atoms with Gasteiger partial charge >= 0.3 is 0 Å². The van der Waals surface area contributed by atoms with Crippen LogP contribution < -0.4 is 10.6 Å². The Morgan fingerprint density at radius 3 is 2.45 bits per heavy atom. The van der Waals surface area contributed by atoms with Crippen molar-refractivity contribution < 1.29 is 0 Å². The van der Waals surface area contributed by atoms with Crippen molar-refractivity contribution in [1.29, 1.82) is 0 Å². The number of nitrogens with one attached hydrogen (secondary N) is 2. The Bertz CT molecular complexity index is 145. The van der Waals surface area contributed by atoms with Gasteiger partial charge in [0.1, 0.15) is 0 Å². The van der Waals surface area contributed by atoms with Crippen LogP contribution in [0.15, 0.2) is 0 Å². The van der Waals surface area contributed by atoms with Crippen molar-refractivity contribution in [3.8, 4) is 0 Å². The van der Waals surface area contributed by atoms with Crippen molar-refractivity contribution in [3.63, 3.8) is 0 Å². The summed E-state index contributed by atoms with van der Waals surface area (Å²) < 4.78 is 0. The quantitative estimate of drug-likeness (QED) is 0.560. The van der Waals surface area contributed by atoms with Gasteiger partial charge < -0.3 is 10.6 Å². The van der Waals surface area contributed by atoms with Gasteiger partial charge in [-0.05, 0) is 14.0 Å². The van der Waals surface area contributed by atoms with Crippen molar-refractivity contribution in [1.82, 2.24) is 15.5 Å². The van der Waals surface area contributed by atoms with Gasteiger partial charge in [0, 0.05) is 31.6 Å². The summed E-state index contributed by atoms with van der Waals surface area (Å²) in [6, 6.07) is 0. The van der Waals surface area contributed by atoms with Gasteiger partial charge in [0.2, 0.25) is 0 Å². The molecule has 2 aliphatic rings. The largest absolute Gasteiger partial charge is 0.315 e. The lowest BCUT2D eigenvalue weighted by Crippen LogP contribution is -2.73. The van der Waals surface area contributed by atoms with Crippen LogP contribution in [0, 0.1) is 5.41 Å². The summed E-state index contributed by atoms with van der Waals surface area (Å²) in [5, 5.41) is 6.59. The summed E-state index contributed by atoms with van der Waals surface area (Å²) >= 11 is 0. The van der Waals surface area contributed by atoms with Gasteiger partial charge in [-0.1, -0.05) is 0 Å². The zero-order chi connectivity index (χ0) is 7.90. The SMILES string of the molecule is CNC(C)N1CC2(CNC2)C1. The van der Waals surface area contributed by atoms with E-state index in [9.17, 15) is 0 Å². The normalized spacial score (nSPS) is 31.1. The average Bonchev–Trinajstić information content (AvgIpc) is 1.81. The first kappa shape index (κ1) is 7.53. The van der Waals surface area contributed by atoms with E-state index in [1.54, 1.807) is 0 Å². The minimum absolute atomic E-state index is 0.557. The molecule has 3 heteroatoms. The Labute approximate surface area is 68.1 Å². The van der Waals surface area contributed by atoms with Crippen molar-refractivity contribution >= 4 is 0 Å². The second-order valence-electron chi connectivity index (χ2n) is 3.97. The fourth-order valence-corrected chi connectivity index (χ4v) is 1.97. The number of rotatable bonds is 2. The number of hydrogen-bond acceptors (Lipinski definition) is 3. The second-order valence-corrected chi connectivity index (χ2v) is 3.97. The molecule has 0 amide bonds. The highest BCUT2D eigenvalue weighted by Gasteiger charge is 2.48. The lowest BCUT2D eigenvalue weighted by atomic mass is 9.74. The maximum atomic E-state index is 3.33. The van der Waals surface area contributed by atoms with E-state index < -0.39 is 0 Å². The van der Waals surface area contributed by atoms with Crippen LogP contribution in [0.25, 0.3) is 0 Å². The Hall–Kier alpha value is -0.120. The highest BCUT2D eigenvalue weighted by atomic mass is 15.3. The van der Waals surface area contributed by atoms with Crippen LogP contribution in [0.1, 0.15) is 6.92 Å². The first-order valence-electron chi connectivity index (χ1n) is 4.38. The summed E-state index contributed by atoms with van der Waals surface area (Å²) in [6.45, 7) is 7.25. The molecule has 1 spiro atoms. The average molecular weight is 155 g/mol. The van der Waals surface area contributed by atoms with Crippen molar-refractivity contribution in [3.05, 3.63) is 0 Å². The molecule has 2 rings (SSSR count). The molecule has 0 radical (unpaired) electrons. The molecule has 2 saturated heterocycles. The maximum Gasteiger partial charge on any atom is 0.0566 e. The molecule has 1 unspecified atom stereocenters. The highest BCUT2D eigenvalue weighted by molar-refractivity contribution is 5.04. The van der Waals surface area contributed by atoms with Gasteiger partial charge in [-0.2, -0.15) is 0 Å². The third-order valence-corrected chi connectivity index (χ3v) is 3.04. The molecule has 0 aromatic rings. The molecule has 2 aliphatic heterocycles. The van der Waals surface area contributed by atoms with E-state index in [0.29, 0.717) is 11.6 Å². The van der Waals surface area contributed by atoms with Gasteiger partial charge in [0.15, 0.2) is 0 Å². The van der Waals surface area contributed by atoms with Crippen LogP contribution in [-0.4, -0.2) is 44.3 Å². The van der Waals surface area contributed by atoms with Crippen LogP contribution >= 0.6 is 0 Å². The summed E-state index contributed by atoms with van der Waals surface area (Å²) in [7, 11) is 2.02. The number of likely N-dealkylation sites (tertiary alicyclic amines) is 1. The predicted molar refractivity (Wildman–Crippen MR) is 45.4 cm³/mol. The molecule has 3 nitrogen and oxygen atoms in total. The van der Waals surface area contributed by atoms with Crippen molar-refractivity contribution in [2.45, 2.75) is 13.1 Å². The van der Waals surface area contributed by atoms with E-state index >= 15 is 0 Å². The Morgan fingerprint density at radius 2 is 2.09 bits per heavy atom. The van der Waals surface area contributed by atoms with E-state index in [1.165, 1.54) is 26.2 Å². The monoisotopic (exact) mass is 155 g/mol. The minimum atomic E-state index is 0.557. The molecule has 0 aromatic heterocycles. The molecule has 0 bridgehead atoms. The second kappa shape index (κ2) is 2.44. The number of hydrogen-bond donors (Lipinski definition) is 2. The molecule has 2 heterocycles. The van der Waals surface area contributed by atoms with E-state index in [-0.39, 0.29) is 0 Å². The van der Waals surface area contributed by atoms with E-state index in [0.717, 1.165) is 0 Å². The summed E-state index contributed by atoms with van der Waals surface area (Å²) in [5.74, 6) is 0. The molecule has 64 valence electrons. The van der Waals surface area contributed by atoms with Crippen LogP contribution in [0.4, 0.5) is 0 Å². The van der Waals surface area contributed by atoms with E-state index in [1.807, 2.05) is 7.05 Å². The molecule has 2 fully saturated rings. The van der Waals surface area contributed by atoms with Crippen molar-refractivity contribution in [2.75, 3.05) is 33.2 Å². The van der Waals surface area contributed by atoms with Crippen LogP contribution in [0.5, 0.6) is 0 Å². The van der Waals surface area contributed by atoms with Crippen LogP contribution in [-0.2, 0) is 0 Å². The first-order chi connectivity index (χ1) is 5.26. The van der Waals surface area contributed by atoms with Crippen LogP contribution in [0.2, 0.25) is 0 Å². The van der Waals surface area contributed by atoms with Crippen molar-refractivity contribution in [2.24, 2.45) is 5.41 Å². The summed E-state index contributed by atoms with van der Waals surface area (Å²) in [6.07, 6.45) is 0.557. The molecule has 0 saturated carbocycles. The van der Waals surface area contributed by atoms with Gasteiger partial charge in [-0.3, -0.25) is 4.90 Å². The summed E-state index contributed by atoms with van der Waals surface area (Å²) in [5.41, 5.74) is 0.672.